The highest BCUT2D eigenvalue weighted by Gasteiger charge is 2.28. The number of piperidine rings is 1. The fourth-order valence-corrected chi connectivity index (χ4v) is 2.90. The van der Waals surface area contributed by atoms with Crippen LogP contribution in [0.3, 0.4) is 0 Å². The van der Waals surface area contributed by atoms with Crippen molar-refractivity contribution < 1.29 is 13.7 Å². The third-order valence-electron chi connectivity index (χ3n) is 4.23. The summed E-state index contributed by atoms with van der Waals surface area (Å²) >= 11 is 0. The van der Waals surface area contributed by atoms with E-state index in [0.29, 0.717) is 30.6 Å². The van der Waals surface area contributed by atoms with E-state index in [1.807, 2.05) is 12.1 Å². The van der Waals surface area contributed by atoms with E-state index in [2.05, 4.69) is 15.1 Å². The van der Waals surface area contributed by atoms with Crippen LogP contribution in [0.2, 0.25) is 0 Å². The van der Waals surface area contributed by atoms with Crippen LogP contribution in [0, 0.1) is 0 Å². The first-order valence-corrected chi connectivity index (χ1v) is 7.88. The monoisotopic (exact) mass is 324 g/mol. The summed E-state index contributed by atoms with van der Waals surface area (Å²) in [5, 5.41) is 4.10. The molecule has 1 aliphatic heterocycles. The zero-order valence-corrected chi connectivity index (χ0v) is 13.0. The second-order valence-corrected chi connectivity index (χ2v) is 5.74. The van der Waals surface area contributed by atoms with E-state index in [4.69, 9.17) is 8.94 Å². The highest BCUT2D eigenvalue weighted by molar-refractivity contribution is 5.91. The van der Waals surface area contributed by atoms with E-state index in [0.717, 1.165) is 18.4 Å². The quantitative estimate of drug-likeness (QED) is 0.736. The fourth-order valence-electron chi connectivity index (χ4n) is 2.90. The molecule has 24 heavy (non-hydrogen) atoms. The van der Waals surface area contributed by atoms with Gasteiger partial charge < -0.3 is 13.8 Å². The van der Waals surface area contributed by atoms with E-state index in [-0.39, 0.29) is 11.8 Å². The van der Waals surface area contributed by atoms with Crippen molar-refractivity contribution >= 4 is 5.91 Å². The second kappa shape index (κ2) is 6.27. The molecule has 4 rings (SSSR count). The van der Waals surface area contributed by atoms with Crippen molar-refractivity contribution in [2.75, 3.05) is 13.1 Å². The third kappa shape index (κ3) is 2.80. The Kier molecular flexibility index (Phi) is 3.82. The van der Waals surface area contributed by atoms with Gasteiger partial charge in [-0.05, 0) is 37.1 Å². The SMILES string of the molecule is O=C(c1ccco1)N1CCC(c2noc(-c3cccnc3)n2)CC1. The first-order chi connectivity index (χ1) is 11.8. The van der Waals surface area contributed by atoms with Crippen LogP contribution < -0.4 is 0 Å². The minimum absolute atomic E-state index is 0.0670. The number of nitrogens with zero attached hydrogens (tertiary/aromatic N) is 4. The number of aromatic nitrogens is 3. The van der Waals surface area contributed by atoms with Gasteiger partial charge in [0, 0.05) is 31.4 Å². The average molecular weight is 324 g/mol. The van der Waals surface area contributed by atoms with Crippen LogP contribution >= 0.6 is 0 Å². The van der Waals surface area contributed by atoms with Crippen LogP contribution in [0.25, 0.3) is 11.5 Å². The molecule has 1 fully saturated rings. The molecule has 0 N–H and O–H groups in total. The maximum atomic E-state index is 12.3. The van der Waals surface area contributed by atoms with Gasteiger partial charge in [-0.25, -0.2) is 0 Å². The Morgan fingerprint density at radius 2 is 2.08 bits per heavy atom. The smallest absolute Gasteiger partial charge is 0.289 e. The molecule has 122 valence electrons. The number of likely N-dealkylation sites (tertiary alicyclic amines) is 1. The third-order valence-corrected chi connectivity index (χ3v) is 4.23. The first-order valence-electron chi connectivity index (χ1n) is 7.88. The maximum Gasteiger partial charge on any atom is 0.289 e. The molecule has 1 saturated heterocycles. The van der Waals surface area contributed by atoms with Crippen LogP contribution in [0.4, 0.5) is 0 Å². The zero-order chi connectivity index (χ0) is 16.4. The van der Waals surface area contributed by atoms with Crippen molar-refractivity contribution in [2.24, 2.45) is 0 Å². The van der Waals surface area contributed by atoms with Crippen molar-refractivity contribution in [2.45, 2.75) is 18.8 Å². The molecule has 0 aliphatic carbocycles. The molecule has 7 nitrogen and oxygen atoms in total. The standard InChI is InChI=1S/C17H16N4O3/c22-17(14-4-2-10-23-14)21-8-5-12(6-9-21)15-19-16(24-20-15)13-3-1-7-18-11-13/h1-4,7,10-12H,5-6,8-9H2. The van der Waals surface area contributed by atoms with E-state index in [1.54, 1.807) is 29.4 Å². The Bertz CT molecular complexity index is 806. The summed E-state index contributed by atoms with van der Waals surface area (Å²) in [6, 6.07) is 7.12. The molecule has 0 spiro atoms. The van der Waals surface area contributed by atoms with Gasteiger partial charge in [-0.2, -0.15) is 4.98 Å². The molecule has 7 heteroatoms. The number of amides is 1. The Balaban J connectivity index is 1.41. The first kappa shape index (κ1) is 14.6. The summed E-state index contributed by atoms with van der Waals surface area (Å²) in [5.74, 6) is 1.68. The van der Waals surface area contributed by atoms with Gasteiger partial charge in [0.05, 0.1) is 11.8 Å². The van der Waals surface area contributed by atoms with Gasteiger partial charge in [-0.1, -0.05) is 5.16 Å². The molecule has 0 atom stereocenters. The summed E-state index contributed by atoms with van der Waals surface area (Å²) in [5.41, 5.74) is 0.807. The number of pyridine rings is 1. The van der Waals surface area contributed by atoms with E-state index in [9.17, 15) is 4.79 Å². The molecule has 0 radical (unpaired) electrons. The predicted octanol–water partition coefficient (Wildman–Crippen LogP) is 2.74. The predicted molar refractivity (Wildman–Crippen MR) is 84.1 cm³/mol. The summed E-state index contributed by atoms with van der Waals surface area (Å²) in [7, 11) is 0. The van der Waals surface area contributed by atoms with Crippen LogP contribution in [0.15, 0.2) is 51.9 Å². The second-order valence-electron chi connectivity index (χ2n) is 5.74. The molecule has 3 aromatic rings. The fraction of sp³-hybridized carbons (Fsp3) is 0.294. The summed E-state index contributed by atoms with van der Waals surface area (Å²) in [6.07, 6.45) is 6.52. The maximum absolute atomic E-state index is 12.3. The van der Waals surface area contributed by atoms with Crippen molar-refractivity contribution in [3.63, 3.8) is 0 Å². The minimum Gasteiger partial charge on any atom is -0.459 e. The average Bonchev–Trinajstić information content (AvgIpc) is 3.34. The molecule has 0 unspecified atom stereocenters. The lowest BCUT2D eigenvalue weighted by atomic mass is 9.96. The van der Waals surface area contributed by atoms with Gasteiger partial charge in [0.25, 0.3) is 11.8 Å². The summed E-state index contributed by atoms with van der Waals surface area (Å²) < 4.78 is 10.5. The van der Waals surface area contributed by atoms with E-state index >= 15 is 0 Å². The molecule has 0 saturated carbocycles. The van der Waals surface area contributed by atoms with Gasteiger partial charge in [-0.3, -0.25) is 9.78 Å². The van der Waals surface area contributed by atoms with Gasteiger partial charge >= 0.3 is 0 Å². The lowest BCUT2D eigenvalue weighted by Gasteiger charge is -2.29. The molecule has 1 amide bonds. The molecule has 1 aliphatic rings. The molecule has 0 aromatic carbocycles. The number of carbonyl (C=O) groups excluding carboxylic acids is 1. The molecule has 3 aromatic heterocycles. The van der Waals surface area contributed by atoms with Crippen molar-refractivity contribution in [1.82, 2.24) is 20.0 Å². The molecular weight excluding hydrogens is 308 g/mol. The van der Waals surface area contributed by atoms with Crippen LogP contribution in [0.1, 0.15) is 35.1 Å². The van der Waals surface area contributed by atoms with Crippen molar-refractivity contribution in [3.8, 4) is 11.5 Å². The lowest BCUT2D eigenvalue weighted by molar-refractivity contribution is 0.0678. The number of carbonyl (C=O) groups is 1. The summed E-state index contributed by atoms with van der Waals surface area (Å²) in [6.45, 7) is 1.31. The van der Waals surface area contributed by atoms with Crippen LogP contribution in [-0.4, -0.2) is 39.0 Å². The molecule has 0 bridgehead atoms. The number of hydrogen-bond donors (Lipinski definition) is 0. The van der Waals surface area contributed by atoms with Crippen LogP contribution in [-0.2, 0) is 0 Å². The summed E-state index contributed by atoms with van der Waals surface area (Å²) in [4.78, 5) is 22.6. The Morgan fingerprint density at radius 1 is 1.21 bits per heavy atom. The Hall–Kier alpha value is -2.96. The highest BCUT2D eigenvalue weighted by Crippen LogP contribution is 2.28. The number of furan rings is 1. The zero-order valence-electron chi connectivity index (χ0n) is 13.0. The number of hydrogen-bond acceptors (Lipinski definition) is 6. The van der Waals surface area contributed by atoms with Gasteiger partial charge in [0.1, 0.15) is 0 Å². The van der Waals surface area contributed by atoms with Crippen LogP contribution in [0.5, 0.6) is 0 Å². The van der Waals surface area contributed by atoms with Crippen molar-refractivity contribution in [3.05, 3.63) is 54.5 Å². The largest absolute Gasteiger partial charge is 0.459 e. The molecular formula is C17H16N4O3. The van der Waals surface area contributed by atoms with Crippen molar-refractivity contribution in [1.29, 1.82) is 0 Å². The van der Waals surface area contributed by atoms with E-state index < -0.39 is 0 Å². The lowest BCUT2D eigenvalue weighted by Crippen LogP contribution is -2.37. The Labute approximate surface area is 138 Å². The number of rotatable bonds is 3. The topological polar surface area (TPSA) is 85.3 Å². The normalized spacial score (nSPS) is 15.6. The highest BCUT2D eigenvalue weighted by atomic mass is 16.5. The minimum atomic E-state index is -0.0670. The Morgan fingerprint density at radius 3 is 2.79 bits per heavy atom. The van der Waals surface area contributed by atoms with E-state index in [1.165, 1.54) is 6.26 Å². The van der Waals surface area contributed by atoms with Gasteiger partial charge in [-0.15, -0.1) is 0 Å². The van der Waals surface area contributed by atoms with Gasteiger partial charge in [0.15, 0.2) is 11.6 Å². The molecule has 4 heterocycles. The van der Waals surface area contributed by atoms with Gasteiger partial charge in [0.2, 0.25) is 0 Å².